The normalized spacial score (nSPS) is 22.5. The molecule has 8 aromatic heterocycles. The molecule has 6 atom stereocenters. The molecule has 33 nitrogen and oxygen atoms in total. The number of thiazole rings is 4. The molecule has 1 saturated carbocycles. The maximum absolute atomic E-state index is 14.3. The van der Waals surface area contributed by atoms with Crippen molar-refractivity contribution in [3.8, 4) is 41.8 Å². The molecule has 16 heterocycles. The van der Waals surface area contributed by atoms with E-state index in [2.05, 4.69) is 131 Å². The van der Waals surface area contributed by atoms with E-state index >= 15 is 0 Å². The van der Waals surface area contributed by atoms with E-state index in [-0.39, 0.29) is 198 Å². The minimum Gasteiger partial charge on any atom is -0.394 e. The lowest BCUT2D eigenvalue weighted by Crippen LogP contribution is -2.41. The molecule has 0 unspecified atom stereocenters. The number of amides is 7. The van der Waals surface area contributed by atoms with Gasteiger partial charge in [0.2, 0.25) is 0 Å². The molecular formula is C100H134F6N20O13S6. The molecule has 8 saturated heterocycles. The molecule has 4 bridgehead atoms. The van der Waals surface area contributed by atoms with Crippen LogP contribution in [-0.2, 0) is 26.2 Å². The molecule has 9 fully saturated rings. The predicted octanol–water partition coefficient (Wildman–Crippen LogP) is 16.5. The van der Waals surface area contributed by atoms with E-state index in [1.165, 1.54) is 39.8 Å². The number of alkyl halides is 6. The van der Waals surface area contributed by atoms with Crippen LogP contribution in [0.25, 0.3) is 41.8 Å². The Morgan fingerprint density at radius 3 is 1.20 bits per heavy atom. The monoisotopic (exact) mass is 2130 g/mol. The minimum atomic E-state index is -3.13. The Balaban J connectivity index is 0.000000153. The van der Waals surface area contributed by atoms with Gasteiger partial charge in [-0.05, 0) is 254 Å². The zero-order valence-electron chi connectivity index (χ0n) is 85.0. The first-order chi connectivity index (χ1) is 68.0. The molecule has 790 valence electrons. The highest BCUT2D eigenvalue weighted by Gasteiger charge is 2.50. The van der Waals surface area contributed by atoms with Crippen LogP contribution < -0.4 is 42.5 Å². The number of carbonyl (C=O) groups excluding carboxylic acids is 7. The van der Waals surface area contributed by atoms with Crippen molar-refractivity contribution in [2.75, 3.05) is 64.0 Å². The third-order valence-corrected chi connectivity index (χ3v) is 35.1. The van der Waals surface area contributed by atoms with Crippen LogP contribution in [0.2, 0.25) is 0 Å². The summed E-state index contributed by atoms with van der Waals surface area (Å²) in [6, 6.07) is 6.00. The van der Waals surface area contributed by atoms with E-state index in [1.54, 1.807) is 39.4 Å². The van der Waals surface area contributed by atoms with Gasteiger partial charge in [0.15, 0.2) is 20.0 Å². The number of rotatable bonds is 25. The number of aliphatic hydroxyl groups is 2. The molecule has 9 aliphatic rings. The largest absolute Gasteiger partial charge is 0.394 e. The molecule has 1 aliphatic carbocycles. The molecule has 8 aromatic rings. The summed E-state index contributed by atoms with van der Waals surface area (Å²) in [5.74, 6) is -6.11. The minimum absolute atomic E-state index is 0.00619. The van der Waals surface area contributed by atoms with E-state index in [0.29, 0.717) is 63.1 Å². The second-order valence-corrected chi connectivity index (χ2v) is 51.7. The van der Waals surface area contributed by atoms with Crippen LogP contribution >= 0.6 is 45.3 Å². The highest BCUT2D eigenvalue weighted by molar-refractivity contribution is 7.91. The van der Waals surface area contributed by atoms with Gasteiger partial charge in [0.1, 0.15) is 60.0 Å². The van der Waals surface area contributed by atoms with Crippen molar-refractivity contribution in [3.63, 3.8) is 0 Å². The number of likely N-dealkylation sites (tertiary alicyclic amines) is 2. The first kappa shape index (κ1) is 111. The van der Waals surface area contributed by atoms with Crippen LogP contribution in [0, 0.1) is 20.8 Å². The molecule has 0 radical (unpaired) electrons. The van der Waals surface area contributed by atoms with Crippen LogP contribution in [0.1, 0.15) is 318 Å². The number of hydrogen-bond donors (Lipinski definition) is 10. The number of nitrogens with zero attached hydrogens (tertiary/aromatic N) is 12. The average Bonchev–Trinajstić information content (AvgIpc) is 1.64. The SMILES string of the molecule is CC[C@@H](C)Nc1cc(C)c(-c2sc(C(=O)NC3CCS(=O)(=O)CC3)nc2C(=O)N2CC(F)(F)C[C@@H]2C)cn1.C[C@H]1CC(F)(F)CN1Cc1nc(C(=O)NC2CCS(=O)(=O)CC2)sc1-c1cnc(NC(C)(C)C)cc1C(F)F.Cc1cc(NC(C)(C)C)ncc1-c1sc(C(=O)N[C@@H]2CC[C@@H](O)C2)nc1C(=O)N1C2CCC1CC2.Cc1cc(NC(C)(C)C)ncc1-c1sc(C(=O)N[C@H](C)CO)nc1C(=O)N1C2CCC1CC2. The fraction of sp³-hybridized carbons (Fsp3) is 0.610. The van der Waals surface area contributed by atoms with Crippen LogP contribution in [0.5, 0.6) is 0 Å². The molecular weight excluding hydrogens is 2000 g/mol. The number of aromatic nitrogens is 8. The number of aryl methyl sites for hydroxylation is 3. The third kappa shape index (κ3) is 27.7. The van der Waals surface area contributed by atoms with Crippen LogP contribution in [0.4, 0.5) is 49.6 Å². The van der Waals surface area contributed by atoms with Gasteiger partial charge in [0.05, 0.1) is 74.0 Å². The molecule has 145 heavy (non-hydrogen) atoms. The van der Waals surface area contributed by atoms with Gasteiger partial charge < -0.3 is 67.4 Å². The number of hydrogen-bond acceptors (Lipinski definition) is 30. The lowest BCUT2D eigenvalue weighted by molar-refractivity contribution is 0.0110. The first-order valence-corrected chi connectivity index (χ1v) is 56.6. The number of pyridine rings is 4. The summed E-state index contributed by atoms with van der Waals surface area (Å²) in [5, 5.41) is 44.1. The molecule has 0 spiro atoms. The Hall–Kier alpha value is -10.0. The smallest absolute Gasteiger partial charge is 0.280 e. The van der Waals surface area contributed by atoms with E-state index in [9.17, 15) is 87.0 Å². The topological polar surface area (TPSA) is 441 Å². The van der Waals surface area contributed by atoms with Crippen molar-refractivity contribution >= 4 is 130 Å². The zero-order chi connectivity index (χ0) is 105. The lowest BCUT2D eigenvalue weighted by Gasteiger charge is -2.22. The number of nitrogens with one attached hydrogen (secondary N) is 8. The van der Waals surface area contributed by atoms with E-state index < -0.39 is 98.8 Å². The second kappa shape index (κ2) is 44.8. The summed E-state index contributed by atoms with van der Waals surface area (Å²) in [5.41, 5.74) is 4.86. The molecule has 10 N–H and O–H groups in total. The van der Waals surface area contributed by atoms with E-state index in [4.69, 9.17) is 0 Å². The van der Waals surface area contributed by atoms with Crippen LogP contribution in [0.3, 0.4) is 0 Å². The Bertz CT molecular complexity index is 6290. The third-order valence-electron chi connectivity index (χ3n) is 27.3. The van der Waals surface area contributed by atoms with Crippen molar-refractivity contribution in [3.05, 3.63) is 114 Å². The number of halogens is 6. The van der Waals surface area contributed by atoms with Crippen molar-refractivity contribution < 1.29 is 87.0 Å². The van der Waals surface area contributed by atoms with Gasteiger partial charge in [-0.25, -0.2) is 83.0 Å². The average molecular weight is 2130 g/mol. The fourth-order valence-electron chi connectivity index (χ4n) is 19.9. The van der Waals surface area contributed by atoms with Gasteiger partial charge in [-0.15, -0.1) is 45.3 Å². The summed E-state index contributed by atoms with van der Waals surface area (Å²) < 4.78 is 132. The summed E-state index contributed by atoms with van der Waals surface area (Å²) in [6.07, 6.45) is 14.7. The van der Waals surface area contributed by atoms with Gasteiger partial charge in [-0.3, -0.25) is 38.5 Å². The summed E-state index contributed by atoms with van der Waals surface area (Å²) in [6.45, 7) is 31.5. The van der Waals surface area contributed by atoms with Crippen molar-refractivity contribution in [1.82, 2.24) is 80.7 Å². The molecule has 45 heteroatoms. The van der Waals surface area contributed by atoms with E-state index in [1.807, 2.05) is 76.5 Å². The molecule has 8 aliphatic heterocycles. The van der Waals surface area contributed by atoms with Crippen molar-refractivity contribution in [2.24, 2.45) is 0 Å². The summed E-state index contributed by atoms with van der Waals surface area (Å²) in [7, 11) is -6.22. The Labute approximate surface area is 858 Å². The lowest BCUT2D eigenvalue weighted by atomic mass is 10.0. The Morgan fingerprint density at radius 2 is 0.834 bits per heavy atom. The number of aliphatic hydroxyl groups excluding tert-OH is 2. The second-order valence-electron chi connectivity index (χ2n) is 43.1. The maximum Gasteiger partial charge on any atom is 0.280 e. The van der Waals surface area contributed by atoms with Gasteiger partial charge in [-0.1, -0.05) is 6.92 Å². The molecule has 7 amide bonds. The molecule has 17 rings (SSSR count). The quantitative estimate of drug-likeness (QED) is 0.0238. The van der Waals surface area contributed by atoms with Crippen LogP contribution in [0.15, 0.2) is 49.1 Å². The first-order valence-electron chi connectivity index (χ1n) is 49.7. The standard InChI is InChI=1S/C26H35N5O3S.C25H33F4N5O3S2.C25H33F2N5O4S2.C24H33N5O3S/c1-14-11-20(30-26(2,3)4)27-13-19(14)22-21(25(34)31-16-6-7-17(31)9-8-16)29-24(35-22)23(33)28-15-5-10-18(32)12-15;1-14-10-25(28,29)13-34(14)12-18-20(17-11-30-19(33-24(2,3)4)9-16(17)21(26)27)38-23(32-18)22(35)31-15-5-7-39(36,37)8-6-15;1-5-15(3)29-19-10-14(2)18(12-28-19)21-20(24(34)32-13-25(26,27)11-16(32)4)31-23(37-21)22(33)30-17-6-8-38(35,36)9-7-17;1-13-10-18(28-24(3,4)5)25-11-17(13)20-19(23(32)29-15-6-7-16(29)9-8-15)27-22(33-20)21(31)26-14(2)12-30/h11,13,15-18,32H,5-10,12H2,1-4H3,(H,27,30)(H,28,33);9,11,14-15,21H,5-8,10,12-13H2,1-4H3,(H,30,33)(H,31,35);10,12,15-17H,5-9,11,13H2,1-4H3,(H,28,29)(H,30,33);10-11,14-16,30H,6-9,12H2,1-5H3,(H,25,28)(H,26,31)/t15-,16?,17?,18-;14-;15-,16+;14-,15?,16?/m1011/s1. The number of anilines is 4. The highest BCUT2D eigenvalue weighted by atomic mass is 32.2. The Morgan fingerprint density at radius 1 is 0.469 bits per heavy atom. The van der Waals surface area contributed by atoms with E-state index in [0.717, 1.165) is 131 Å². The van der Waals surface area contributed by atoms with Gasteiger partial charge in [-0.2, -0.15) is 0 Å². The number of carbonyl (C=O) groups is 7. The zero-order valence-corrected chi connectivity index (χ0v) is 89.9. The number of sulfone groups is 2. The van der Waals surface area contributed by atoms with Crippen molar-refractivity contribution in [2.45, 2.75) is 347 Å². The predicted molar refractivity (Wildman–Crippen MR) is 551 cm³/mol. The summed E-state index contributed by atoms with van der Waals surface area (Å²) in [4.78, 5) is 137. The van der Waals surface area contributed by atoms with Gasteiger partial charge >= 0.3 is 0 Å². The highest BCUT2D eigenvalue weighted by Crippen LogP contribution is 2.47. The van der Waals surface area contributed by atoms with Crippen molar-refractivity contribution in [1.29, 1.82) is 0 Å². The molecule has 0 aromatic carbocycles. The maximum atomic E-state index is 14.3. The number of fused-ring (bicyclic) bond motifs is 4. The van der Waals surface area contributed by atoms with Gasteiger partial charge in [0, 0.05) is 155 Å². The Kier molecular flexibility index (Phi) is 34.2. The van der Waals surface area contributed by atoms with Gasteiger partial charge in [0.25, 0.3) is 59.6 Å². The van der Waals surface area contributed by atoms with Crippen LogP contribution in [-0.4, -0.2) is 272 Å². The summed E-state index contributed by atoms with van der Waals surface area (Å²) >= 11 is 4.35. The fourth-order valence-corrected chi connectivity index (χ4v) is 27.0.